The molecule has 2 unspecified atom stereocenters. The highest BCUT2D eigenvalue weighted by Gasteiger charge is 2.40. The van der Waals surface area contributed by atoms with E-state index in [-0.39, 0.29) is 12.3 Å². The van der Waals surface area contributed by atoms with Gasteiger partial charge in [-0.15, -0.1) is 0 Å². The van der Waals surface area contributed by atoms with Crippen LogP contribution in [0, 0.1) is 23.2 Å². The molecule has 0 aromatic carbocycles. The van der Waals surface area contributed by atoms with Crippen molar-refractivity contribution in [2.24, 2.45) is 11.1 Å². The van der Waals surface area contributed by atoms with Crippen molar-refractivity contribution in [2.45, 2.75) is 71.4 Å². The van der Waals surface area contributed by atoms with Crippen LogP contribution >= 0.6 is 0 Å². The second kappa shape index (κ2) is 8.48. The molecule has 1 aliphatic heterocycles. The lowest BCUT2D eigenvalue weighted by Crippen LogP contribution is -2.58. The first kappa shape index (κ1) is 20.4. The van der Waals surface area contributed by atoms with Crippen LogP contribution in [-0.2, 0) is 9.59 Å². The van der Waals surface area contributed by atoms with E-state index >= 15 is 0 Å². The maximum Gasteiger partial charge on any atom is 0.225 e. The Morgan fingerprint density at radius 3 is 2.62 bits per heavy atom. The van der Waals surface area contributed by atoms with Gasteiger partial charge in [-0.05, 0) is 38.6 Å². The summed E-state index contributed by atoms with van der Waals surface area (Å²) in [6.07, 6.45) is 4.99. The molecular formula is C18H31N4O2. The fourth-order valence-electron chi connectivity index (χ4n) is 3.11. The van der Waals surface area contributed by atoms with Gasteiger partial charge in [-0.2, -0.15) is 5.26 Å². The Kier molecular flexibility index (Phi) is 7.22. The standard InChI is InChI=1S/C18H31N4O2/c1-5-10-22-11-9-18(13-19,12-14(22)6-2)21-15(23)7-8-17(3,4)16(20)24/h7,14H,5-6,8-12H2,1-4H3,(H2,20,24)(H,21,23). The number of amides is 2. The molecule has 0 aromatic rings. The number of primary amides is 1. The molecule has 0 saturated carbocycles. The maximum absolute atomic E-state index is 12.3. The SMILES string of the molecule is CCCN1CCC(C#N)(NC(=O)[CH]CC(C)(C)C(N)=O)CC1CC. The topological polar surface area (TPSA) is 99.2 Å². The monoisotopic (exact) mass is 335 g/mol. The van der Waals surface area contributed by atoms with Crippen LogP contribution in [0.2, 0.25) is 0 Å². The number of hydrogen-bond acceptors (Lipinski definition) is 4. The number of nitrogens with one attached hydrogen (secondary N) is 1. The Morgan fingerprint density at radius 1 is 1.46 bits per heavy atom. The molecular weight excluding hydrogens is 304 g/mol. The highest BCUT2D eigenvalue weighted by Crippen LogP contribution is 2.29. The first-order chi connectivity index (χ1) is 11.2. The normalized spacial score (nSPS) is 25.0. The van der Waals surface area contributed by atoms with E-state index in [4.69, 9.17) is 5.73 Å². The lowest BCUT2D eigenvalue weighted by Gasteiger charge is -2.43. The van der Waals surface area contributed by atoms with Gasteiger partial charge in [0.05, 0.1) is 12.5 Å². The molecule has 2 atom stereocenters. The van der Waals surface area contributed by atoms with Crippen LogP contribution in [-0.4, -0.2) is 41.4 Å². The third-order valence-corrected chi connectivity index (χ3v) is 4.95. The lowest BCUT2D eigenvalue weighted by atomic mass is 9.82. The van der Waals surface area contributed by atoms with E-state index in [2.05, 4.69) is 30.1 Å². The second-order valence-electron chi connectivity index (χ2n) is 7.39. The molecule has 1 radical (unpaired) electrons. The molecule has 0 aliphatic carbocycles. The summed E-state index contributed by atoms with van der Waals surface area (Å²) < 4.78 is 0. The van der Waals surface area contributed by atoms with E-state index in [0.29, 0.717) is 18.9 Å². The van der Waals surface area contributed by atoms with Crippen molar-refractivity contribution in [3.8, 4) is 6.07 Å². The molecule has 1 saturated heterocycles. The van der Waals surface area contributed by atoms with E-state index in [1.165, 1.54) is 6.42 Å². The van der Waals surface area contributed by atoms with Crippen molar-refractivity contribution in [1.82, 2.24) is 10.2 Å². The molecule has 0 aromatic heterocycles. The lowest BCUT2D eigenvalue weighted by molar-refractivity contribution is -0.126. The van der Waals surface area contributed by atoms with Gasteiger partial charge in [0.1, 0.15) is 5.54 Å². The van der Waals surface area contributed by atoms with Crippen molar-refractivity contribution >= 4 is 11.8 Å². The van der Waals surface area contributed by atoms with E-state index in [1.807, 2.05) is 0 Å². The van der Waals surface area contributed by atoms with Gasteiger partial charge in [-0.3, -0.25) is 9.59 Å². The van der Waals surface area contributed by atoms with Crippen LogP contribution in [0.3, 0.4) is 0 Å². The molecule has 24 heavy (non-hydrogen) atoms. The smallest absolute Gasteiger partial charge is 0.225 e. The summed E-state index contributed by atoms with van der Waals surface area (Å²) >= 11 is 0. The number of carbonyl (C=O) groups is 2. The van der Waals surface area contributed by atoms with Crippen LogP contribution in [0.15, 0.2) is 0 Å². The molecule has 1 heterocycles. The Balaban J connectivity index is 2.68. The minimum Gasteiger partial charge on any atom is -0.369 e. The summed E-state index contributed by atoms with van der Waals surface area (Å²) in [7, 11) is 0. The van der Waals surface area contributed by atoms with Crippen molar-refractivity contribution in [3.63, 3.8) is 0 Å². The highest BCUT2D eigenvalue weighted by molar-refractivity contribution is 5.87. The van der Waals surface area contributed by atoms with Gasteiger partial charge in [0, 0.05) is 18.0 Å². The zero-order chi connectivity index (χ0) is 18.4. The van der Waals surface area contributed by atoms with Gasteiger partial charge in [-0.1, -0.05) is 27.7 Å². The minimum atomic E-state index is -0.824. The molecule has 1 aliphatic rings. The van der Waals surface area contributed by atoms with Gasteiger partial charge < -0.3 is 16.0 Å². The van der Waals surface area contributed by atoms with Crippen molar-refractivity contribution in [2.75, 3.05) is 13.1 Å². The third-order valence-electron chi connectivity index (χ3n) is 4.95. The van der Waals surface area contributed by atoms with E-state index < -0.39 is 16.9 Å². The Hall–Kier alpha value is -1.61. The number of nitrogens with two attached hydrogens (primary N) is 1. The fourth-order valence-corrected chi connectivity index (χ4v) is 3.11. The van der Waals surface area contributed by atoms with E-state index in [0.717, 1.165) is 25.9 Å². The fraction of sp³-hybridized carbons (Fsp3) is 0.778. The van der Waals surface area contributed by atoms with Crippen molar-refractivity contribution in [1.29, 1.82) is 5.26 Å². The Morgan fingerprint density at radius 2 is 2.12 bits per heavy atom. The zero-order valence-corrected chi connectivity index (χ0v) is 15.4. The van der Waals surface area contributed by atoms with Crippen LogP contribution in [0.25, 0.3) is 0 Å². The van der Waals surface area contributed by atoms with Gasteiger partial charge >= 0.3 is 0 Å². The van der Waals surface area contributed by atoms with E-state index in [9.17, 15) is 14.9 Å². The van der Waals surface area contributed by atoms with Gasteiger partial charge in [0.2, 0.25) is 11.8 Å². The quantitative estimate of drug-likeness (QED) is 0.706. The van der Waals surface area contributed by atoms with Crippen molar-refractivity contribution < 1.29 is 9.59 Å². The molecule has 1 rings (SSSR count). The summed E-state index contributed by atoms with van der Waals surface area (Å²) in [5.41, 5.74) is 3.73. The second-order valence-corrected chi connectivity index (χ2v) is 7.39. The largest absolute Gasteiger partial charge is 0.369 e. The number of carbonyl (C=O) groups excluding carboxylic acids is 2. The maximum atomic E-state index is 12.3. The number of piperidine rings is 1. The first-order valence-electron chi connectivity index (χ1n) is 8.80. The number of rotatable bonds is 8. The highest BCUT2D eigenvalue weighted by atomic mass is 16.2. The number of nitriles is 1. The van der Waals surface area contributed by atoms with Gasteiger partial charge in [-0.25, -0.2) is 0 Å². The summed E-state index contributed by atoms with van der Waals surface area (Å²) in [6.45, 7) is 9.51. The molecule has 2 amide bonds. The molecule has 1 fully saturated rings. The minimum absolute atomic E-state index is 0.259. The number of nitrogens with zero attached hydrogens (tertiary/aromatic N) is 2. The number of hydrogen-bond donors (Lipinski definition) is 2. The Labute approximate surface area is 145 Å². The van der Waals surface area contributed by atoms with Crippen LogP contribution in [0.4, 0.5) is 0 Å². The molecule has 0 spiro atoms. The Bertz CT molecular complexity index is 498. The average Bonchev–Trinajstić information content (AvgIpc) is 2.54. The van der Waals surface area contributed by atoms with E-state index in [1.54, 1.807) is 13.8 Å². The summed E-state index contributed by atoms with van der Waals surface area (Å²) in [4.78, 5) is 26.0. The van der Waals surface area contributed by atoms with Crippen molar-refractivity contribution in [3.05, 3.63) is 6.42 Å². The summed E-state index contributed by atoms with van der Waals surface area (Å²) in [6, 6.07) is 2.63. The molecule has 0 bridgehead atoms. The number of likely N-dealkylation sites (tertiary alicyclic amines) is 1. The zero-order valence-electron chi connectivity index (χ0n) is 15.4. The predicted octanol–water partition coefficient (Wildman–Crippen LogP) is 1.76. The third kappa shape index (κ3) is 5.20. The van der Waals surface area contributed by atoms with Crippen LogP contribution in [0.5, 0.6) is 0 Å². The molecule has 3 N–H and O–H groups in total. The van der Waals surface area contributed by atoms with Gasteiger partial charge in [0.25, 0.3) is 0 Å². The summed E-state index contributed by atoms with van der Waals surface area (Å²) in [5, 5.41) is 12.6. The average molecular weight is 335 g/mol. The predicted molar refractivity (Wildman–Crippen MR) is 93.6 cm³/mol. The van der Waals surface area contributed by atoms with Gasteiger partial charge in [0.15, 0.2) is 0 Å². The van der Waals surface area contributed by atoms with Crippen LogP contribution < -0.4 is 11.1 Å². The first-order valence-corrected chi connectivity index (χ1v) is 8.80. The molecule has 6 nitrogen and oxygen atoms in total. The van der Waals surface area contributed by atoms with Crippen LogP contribution in [0.1, 0.15) is 59.8 Å². The molecule has 6 heteroatoms. The summed E-state index contributed by atoms with van der Waals surface area (Å²) in [5.74, 6) is -0.745. The molecule has 135 valence electrons.